The van der Waals surface area contributed by atoms with Gasteiger partial charge in [0.1, 0.15) is 11.8 Å². The zero-order valence-electron chi connectivity index (χ0n) is 15.5. The number of hydrogen-bond acceptors (Lipinski definition) is 3. The van der Waals surface area contributed by atoms with Gasteiger partial charge >= 0.3 is 0 Å². The predicted molar refractivity (Wildman–Crippen MR) is 112 cm³/mol. The normalized spacial score (nSPS) is 11.6. The van der Waals surface area contributed by atoms with Gasteiger partial charge in [0.15, 0.2) is 6.61 Å². The fourth-order valence-corrected chi connectivity index (χ4v) is 3.22. The maximum absolute atomic E-state index is 12.9. The van der Waals surface area contributed by atoms with Crippen LogP contribution >= 0.6 is 34.8 Å². The Hall–Kier alpha value is -1.95. The van der Waals surface area contributed by atoms with Gasteiger partial charge in [-0.2, -0.15) is 0 Å². The van der Waals surface area contributed by atoms with E-state index in [0.717, 1.165) is 5.56 Å². The molecule has 8 heteroatoms. The first-order valence-corrected chi connectivity index (χ1v) is 9.83. The number of carbonyl (C=O) groups is 2. The van der Waals surface area contributed by atoms with Crippen LogP contribution in [0, 0.1) is 0 Å². The number of likely N-dealkylation sites (N-methyl/N-ethyl adjacent to an activating group) is 1. The van der Waals surface area contributed by atoms with Gasteiger partial charge in [0.05, 0.1) is 15.1 Å². The third kappa shape index (κ3) is 5.77. The van der Waals surface area contributed by atoms with E-state index in [2.05, 4.69) is 5.32 Å². The van der Waals surface area contributed by atoms with Crippen LogP contribution in [0.25, 0.3) is 0 Å². The summed E-state index contributed by atoms with van der Waals surface area (Å²) in [6, 6.07) is 11.3. The van der Waals surface area contributed by atoms with E-state index < -0.39 is 6.04 Å². The number of ether oxygens (including phenoxy) is 1. The average molecular weight is 444 g/mol. The Morgan fingerprint density at radius 1 is 1.07 bits per heavy atom. The molecular weight excluding hydrogens is 423 g/mol. The van der Waals surface area contributed by atoms with Crippen LogP contribution < -0.4 is 10.1 Å². The minimum absolute atomic E-state index is 0.188. The first-order chi connectivity index (χ1) is 13.4. The van der Waals surface area contributed by atoms with E-state index in [1.54, 1.807) is 42.5 Å². The van der Waals surface area contributed by atoms with Gasteiger partial charge in [0, 0.05) is 13.6 Å². The lowest BCUT2D eigenvalue weighted by Crippen LogP contribution is -2.49. The second-order valence-corrected chi connectivity index (χ2v) is 7.25. The van der Waals surface area contributed by atoms with Gasteiger partial charge in [-0.05, 0) is 36.2 Å². The minimum Gasteiger partial charge on any atom is -0.482 e. The number of rotatable bonds is 8. The van der Waals surface area contributed by atoms with Crippen LogP contribution in [0.3, 0.4) is 0 Å². The summed E-state index contributed by atoms with van der Waals surface area (Å²) in [5.41, 5.74) is 0.753. The number of amides is 2. The largest absolute Gasteiger partial charge is 0.482 e. The van der Waals surface area contributed by atoms with Crippen molar-refractivity contribution in [3.05, 3.63) is 63.1 Å². The summed E-state index contributed by atoms with van der Waals surface area (Å²) in [6.45, 7) is 1.77. The van der Waals surface area contributed by atoms with Gasteiger partial charge in [-0.15, -0.1) is 0 Å². The van der Waals surface area contributed by atoms with Crippen LogP contribution in [0.5, 0.6) is 5.75 Å². The number of halogens is 3. The smallest absolute Gasteiger partial charge is 0.261 e. The first kappa shape index (κ1) is 22.3. The lowest BCUT2D eigenvalue weighted by Gasteiger charge is -2.30. The summed E-state index contributed by atoms with van der Waals surface area (Å²) >= 11 is 18.1. The van der Waals surface area contributed by atoms with Crippen LogP contribution in [0.1, 0.15) is 18.9 Å². The molecule has 2 aromatic carbocycles. The van der Waals surface area contributed by atoms with Gasteiger partial charge in [-0.1, -0.05) is 59.9 Å². The Kier molecular flexibility index (Phi) is 8.42. The molecule has 0 radical (unpaired) electrons. The highest BCUT2D eigenvalue weighted by Crippen LogP contribution is 2.25. The Morgan fingerprint density at radius 2 is 1.79 bits per heavy atom. The van der Waals surface area contributed by atoms with E-state index in [1.165, 1.54) is 11.9 Å². The molecule has 0 aliphatic carbocycles. The highest BCUT2D eigenvalue weighted by atomic mass is 35.5. The Labute approximate surface area is 179 Å². The number of carbonyl (C=O) groups excluding carboxylic acids is 2. The van der Waals surface area contributed by atoms with Crippen LogP contribution in [0.2, 0.25) is 15.1 Å². The van der Waals surface area contributed by atoms with Gasteiger partial charge in [-0.3, -0.25) is 9.59 Å². The molecule has 150 valence electrons. The maximum Gasteiger partial charge on any atom is 0.261 e. The lowest BCUT2D eigenvalue weighted by atomic mass is 10.1. The van der Waals surface area contributed by atoms with Crippen LogP contribution in [-0.2, 0) is 16.1 Å². The number of benzene rings is 2. The molecule has 0 aliphatic rings. The first-order valence-electron chi connectivity index (χ1n) is 8.69. The fourth-order valence-electron chi connectivity index (χ4n) is 2.70. The Morgan fingerprint density at radius 3 is 2.39 bits per heavy atom. The molecule has 0 heterocycles. The van der Waals surface area contributed by atoms with Crippen LogP contribution in [-0.4, -0.2) is 36.4 Å². The highest BCUT2D eigenvalue weighted by molar-refractivity contribution is 6.42. The molecule has 0 fully saturated rings. The highest BCUT2D eigenvalue weighted by Gasteiger charge is 2.28. The molecule has 0 spiro atoms. The molecule has 0 unspecified atom stereocenters. The van der Waals surface area contributed by atoms with Gasteiger partial charge in [-0.25, -0.2) is 0 Å². The van der Waals surface area contributed by atoms with Crippen LogP contribution in [0.4, 0.5) is 0 Å². The van der Waals surface area contributed by atoms with Crippen molar-refractivity contribution in [1.29, 1.82) is 0 Å². The maximum atomic E-state index is 12.9. The zero-order chi connectivity index (χ0) is 20.7. The molecule has 2 aromatic rings. The molecule has 0 aliphatic heterocycles. The molecule has 0 saturated carbocycles. The number of para-hydroxylation sites is 1. The van der Waals surface area contributed by atoms with Crippen molar-refractivity contribution >= 4 is 46.6 Å². The van der Waals surface area contributed by atoms with E-state index in [1.807, 2.05) is 6.92 Å². The van der Waals surface area contributed by atoms with Crippen molar-refractivity contribution in [2.24, 2.45) is 0 Å². The number of nitrogens with one attached hydrogen (secondary N) is 1. The third-order valence-corrected chi connectivity index (χ3v) is 5.21. The van der Waals surface area contributed by atoms with E-state index in [4.69, 9.17) is 39.5 Å². The molecular formula is C20H21Cl3N2O3. The second kappa shape index (κ2) is 10.6. The van der Waals surface area contributed by atoms with Gasteiger partial charge in [0.25, 0.3) is 5.91 Å². The summed E-state index contributed by atoms with van der Waals surface area (Å²) in [4.78, 5) is 26.7. The predicted octanol–water partition coefficient (Wildman–Crippen LogP) is 4.58. The monoisotopic (exact) mass is 442 g/mol. The third-order valence-electron chi connectivity index (χ3n) is 4.16. The summed E-state index contributed by atoms with van der Waals surface area (Å²) < 4.78 is 5.57. The second-order valence-electron chi connectivity index (χ2n) is 6.03. The van der Waals surface area contributed by atoms with Crippen molar-refractivity contribution in [2.45, 2.75) is 25.9 Å². The average Bonchev–Trinajstić information content (AvgIpc) is 2.69. The Bertz CT molecular complexity index is 845. The summed E-state index contributed by atoms with van der Waals surface area (Å²) in [5, 5.41) is 3.81. The molecule has 1 atom stereocenters. The fraction of sp³-hybridized carbons (Fsp3) is 0.300. The van der Waals surface area contributed by atoms with Gasteiger partial charge in [0.2, 0.25) is 5.91 Å². The molecule has 28 heavy (non-hydrogen) atoms. The van der Waals surface area contributed by atoms with E-state index in [9.17, 15) is 9.59 Å². The summed E-state index contributed by atoms with van der Waals surface area (Å²) in [6.07, 6.45) is 0.443. The molecule has 5 nitrogen and oxygen atoms in total. The minimum atomic E-state index is -0.651. The molecule has 1 N–H and O–H groups in total. The van der Waals surface area contributed by atoms with Crippen molar-refractivity contribution in [3.63, 3.8) is 0 Å². The van der Waals surface area contributed by atoms with E-state index >= 15 is 0 Å². The molecule has 0 bridgehead atoms. The van der Waals surface area contributed by atoms with Crippen molar-refractivity contribution in [1.82, 2.24) is 10.2 Å². The topological polar surface area (TPSA) is 58.6 Å². The molecule has 2 rings (SSSR count). The van der Waals surface area contributed by atoms with Crippen molar-refractivity contribution < 1.29 is 14.3 Å². The summed E-state index contributed by atoms with van der Waals surface area (Å²) in [7, 11) is 1.53. The summed E-state index contributed by atoms with van der Waals surface area (Å²) in [5.74, 6) is -0.199. The van der Waals surface area contributed by atoms with Crippen molar-refractivity contribution in [3.8, 4) is 5.75 Å². The van der Waals surface area contributed by atoms with Gasteiger partial charge < -0.3 is 15.0 Å². The standard InChI is InChI=1S/C20H21Cl3N2O3/c1-3-17(20(27)24-2)25(11-13-8-9-14(21)16(23)10-13)19(26)12-28-18-7-5-4-6-15(18)22/h4-10,17H,3,11-12H2,1-2H3,(H,24,27)/t17-/m1/s1. The van der Waals surface area contributed by atoms with E-state index in [-0.39, 0.29) is 25.0 Å². The van der Waals surface area contributed by atoms with E-state index in [0.29, 0.717) is 27.2 Å². The lowest BCUT2D eigenvalue weighted by molar-refractivity contribution is -0.142. The quantitative estimate of drug-likeness (QED) is 0.650. The molecule has 2 amide bonds. The molecule has 0 aromatic heterocycles. The zero-order valence-corrected chi connectivity index (χ0v) is 17.8. The molecule has 0 saturated heterocycles. The number of hydrogen-bond donors (Lipinski definition) is 1. The van der Waals surface area contributed by atoms with Crippen LogP contribution in [0.15, 0.2) is 42.5 Å². The Balaban J connectivity index is 2.23. The number of nitrogens with zero attached hydrogens (tertiary/aromatic N) is 1. The van der Waals surface area contributed by atoms with Crippen molar-refractivity contribution in [2.75, 3.05) is 13.7 Å². The SMILES string of the molecule is CC[C@H](C(=O)NC)N(Cc1ccc(Cl)c(Cl)c1)C(=O)COc1ccccc1Cl.